The molecule has 0 saturated carbocycles. The minimum absolute atomic E-state index is 0.0749. The van der Waals surface area contributed by atoms with Crippen LogP contribution in [-0.4, -0.2) is 38.0 Å². The first-order valence-corrected chi connectivity index (χ1v) is 6.54. The van der Waals surface area contributed by atoms with Crippen LogP contribution in [-0.2, 0) is 4.74 Å². The second kappa shape index (κ2) is 6.22. The van der Waals surface area contributed by atoms with E-state index in [1.807, 2.05) is 24.3 Å². The summed E-state index contributed by atoms with van der Waals surface area (Å²) in [5.41, 5.74) is 2.66. The van der Waals surface area contributed by atoms with Crippen molar-refractivity contribution in [3.63, 3.8) is 0 Å². The number of rotatable bonds is 3. The molecule has 2 aromatic carbocycles. The topological polar surface area (TPSA) is 46.6 Å². The zero-order valence-corrected chi connectivity index (χ0v) is 12.3. The summed E-state index contributed by atoms with van der Waals surface area (Å²) in [5.74, 6) is -0.470. The van der Waals surface area contributed by atoms with Gasteiger partial charge in [0.25, 0.3) is 5.91 Å². The smallest absolute Gasteiger partial charge is 0.337 e. The number of hydrogen-bond acceptors (Lipinski definition) is 3. The summed E-state index contributed by atoms with van der Waals surface area (Å²) in [6.07, 6.45) is 0. The summed E-state index contributed by atoms with van der Waals surface area (Å²) >= 11 is 0. The first-order valence-electron chi connectivity index (χ1n) is 6.54. The Labute approximate surface area is 124 Å². The molecule has 0 saturated heterocycles. The first kappa shape index (κ1) is 14.8. The van der Waals surface area contributed by atoms with E-state index < -0.39 is 5.97 Å². The Bertz CT molecular complexity index is 677. The number of hydrogen-bond donors (Lipinski definition) is 0. The van der Waals surface area contributed by atoms with Gasteiger partial charge >= 0.3 is 5.97 Å². The summed E-state index contributed by atoms with van der Waals surface area (Å²) < 4.78 is 4.73. The van der Waals surface area contributed by atoms with Crippen LogP contribution in [0.2, 0.25) is 0 Å². The fourth-order valence-electron chi connectivity index (χ4n) is 2.09. The molecule has 1 amide bonds. The second-order valence-corrected chi connectivity index (χ2v) is 4.82. The van der Waals surface area contributed by atoms with Gasteiger partial charge in [-0.3, -0.25) is 4.79 Å². The summed E-state index contributed by atoms with van der Waals surface area (Å²) in [6, 6.07) is 14.4. The number of amides is 1. The summed E-state index contributed by atoms with van der Waals surface area (Å²) in [5, 5.41) is 0. The molecular formula is C17H17NO3. The molecule has 4 heteroatoms. The zero-order chi connectivity index (χ0) is 15.4. The Morgan fingerprint density at radius 2 is 1.71 bits per heavy atom. The van der Waals surface area contributed by atoms with Crippen molar-refractivity contribution >= 4 is 11.9 Å². The fraction of sp³-hybridized carbons (Fsp3) is 0.176. The van der Waals surface area contributed by atoms with Crippen LogP contribution >= 0.6 is 0 Å². The maximum absolute atomic E-state index is 12.2. The van der Waals surface area contributed by atoms with E-state index in [0.29, 0.717) is 11.1 Å². The monoisotopic (exact) mass is 283 g/mol. The molecule has 4 nitrogen and oxygen atoms in total. The van der Waals surface area contributed by atoms with Crippen molar-refractivity contribution in [3.05, 3.63) is 59.7 Å². The van der Waals surface area contributed by atoms with Crippen LogP contribution in [0.5, 0.6) is 0 Å². The van der Waals surface area contributed by atoms with Crippen LogP contribution < -0.4 is 0 Å². The minimum Gasteiger partial charge on any atom is -0.465 e. The molecule has 0 N–H and O–H groups in total. The fourth-order valence-corrected chi connectivity index (χ4v) is 2.09. The maximum Gasteiger partial charge on any atom is 0.337 e. The second-order valence-electron chi connectivity index (χ2n) is 4.82. The van der Waals surface area contributed by atoms with Gasteiger partial charge in [-0.05, 0) is 29.3 Å². The van der Waals surface area contributed by atoms with E-state index in [2.05, 4.69) is 0 Å². The Morgan fingerprint density at radius 1 is 1.00 bits per heavy atom. The molecule has 0 fully saturated rings. The highest BCUT2D eigenvalue weighted by atomic mass is 16.5. The number of esters is 1. The molecule has 0 atom stereocenters. The lowest BCUT2D eigenvalue weighted by Gasteiger charge is -2.14. The van der Waals surface area contributed by atoms with Gasteiger partial charge in [-0.25, -0.2) is 4.79 Å². The SMILES string of the molecule is COC(=O)c1cccc(-c2ccccc2C(=O)N(C)C)c1. The number of benzene rings is 2. The molecule has 0 aliphatic heterocycles. The third kappa shape index (κ3) is 3.11. The number of methoxy groups -OCH3 is 1. The predicted octanol–water partition coefficient (Wildman–Crippen LogP) is 2.84. The average Bonchev–Trinajstić information content (AvgIpc) is 2.53. The quantitative estimate of drug-likeness (QED) is 0.814. The molecular weight excluding hydrogens is 266 g/mol. The highest BCUT2D eigenvalue weighted by Gasteiger charge is 2.15. The van der Waals surface area contributed by atoms with Crippen molar-refractivity contribution in [3.8, 4) is 11.1 Å². The lowest BCUT2D eigenvalue weighted by atomic mass is 9.97. The maximum atomic E-state index is 12.2. The van der Waals surface area contributed by atoms with E-state index >= 15 is 0 Å². The first-order chi connectivity index (χ1) is 10.0. The lowest BCUT2D eigenvalue weighted by molar-refractivity contribution is 0.0600. The molecule has 2 rings (SSSR count). The van der Waals surface area contributed by atoms with Crippen molar-refractivity contribution < 1.29 is 14.3 Å². The van der Waals surface area contributed by atoms with E-state index in [1.165, 1.54) is 12.0 Å². The summed E-state index contributed by atoms with van der Waals surface area (Å²) in [6.45, 7) is 0. The van der Waals surface area contributed by atoms with Gasteiger partial charge in [-0.15, -0.1) is 0 Å². The predicted molar refractivity (Wildman–Crippen MR) is 81.2 cm³/mol. The van der Waals surface area contributed by atoms with Gasteiger partial charge in [-0.1, -0.05) is 30.3 Å². The molecule has 0 heterocycles. The molecule has 108 valence electrons. The van der Waals surface area contributed by atoms with Crippen LogP contribution in [0.3, 0.4) is 0 Å². The molecule has 0 aliphatic rings. The van der Waals surface area contributed by atoms with Gasteiger partial charge in [0.2, 0.25) is 0 Å². The van der Waals surface area contributed by atoms with Crippen molar-refractivity contribution in [1.82, 2.24) is 4.90 Å². The van der Waals surface area contributed by atoms with Crippen LogP contribution in [0.1, 0.15) is 20.7 Å². The Morgan fingerprint density at radius 3 is 2.38 bits per heavy atom. The normalized spacial score (nSPS) is 10.0. The van der Waals surface area contributed by atoms with Crippen LogP contribution in [0.25, 0.3) is 11.1 Å². The van der Waals surface area contributed by atoms with Crippen LogP contribution in [0.15, 0.2) is 48.5 Å². The highest BCUT2D eigenvalue weighted by Crippen LogP contribution is 2.25. The van der Waals surface area contributed by atoms with Gasteiger partial charge in [0.05, 0.1) is 12.7 Å². The van der Waals surface area contributed by atoms with E-state index in [9.17, 15) is 9.59 Å². The van der Waals surface area contributed by atoms with Gasteiger partial charge in [0, 0.05) is 19.7 Å². The number of ether oxygens (including phenoxy) is 1. The highest BCUT2D eigenvalue weighted by molar-refractivity contribution is 6.01. The van der Waals surface area contributed by atoms with Crippen molar-refractivity contribution in [1.29, 1.82) is 0 Å². The van der Waals surface area contributed by atoms with Gasteiger partial charge < -0.3 is 9.64 Å². The summed E-state index contributed by atoms with van der Waals surface area (Å²) in [4.78, 5) is 25.4. The molecule has 0 aliphatic carbocycles. The molecule has 0 aromatic heterocycles. The largest absolute Gasteiger partial charge is 0.465 e. The number of nitrogens with zero attached hydrogens (tertiary/aromatic N) is 1. The van der Waals surface area contributed by atoms with E-state index in [1.54, 1.807) is 38.4 Å². The van der Waals surface area contributed by atoms with Gasteiger partial charge in [0.15, 0.2) is 0 Å². The Balaban J connectivity index is 2.52. The Kier molecular flexibility index (Phi) is 4.38. The van der Waals surface area contributed by atoms with Crippen LogP contribution in [0, 0.1) is 0 Å². The van der Waals surface area contributed by atoms with Crippen molar-refractivity contribution in [2.45, 2.75) is 0 Å². The molecule has 2 aromatic rings. The molecule has 0 bridgehead atoms. The van der Waals surface area contributed by atoms with Crippen LogP contribution in [0.4, 0.5) is 0 Å². The van der Waals surface area contributed by atoms with E-state index in [0.717, 1.165) is 11.1 Å². The standard InChI is InChI=1S/C17H17NO3/c1-18(2)16(19)15-10-5-4-9-14(15)12-7-6-8-13(11-12)17(20)21-3/h4-11H,1-3H3. The molecule has 0 radical (unpaired) electrons. The van der Waals surface area contributed by atoms with Crippen molar-refractivity contribution in [2.75, 3.05) is 21.2 Å². The average molecular weight is 283 g/mol. The summed E-state index contributed by atoms with van der Waals surface area (Å²) in [7, 11) is 4.77. The minimum atomic E-state index is -0.395. The van der Waals surface area contributed by atoms with Gasteiger partial charge in [-0.2, -0.15) is 0 Å². The lowest BCUT2D eigenvalue weighted by Crippen LogP contribution is -2.22. The zero-order valence-electron chi connectivity index (χ0n) is 12.3. The molecule has 0 spiro atoms. The Hall–Kier alpha value is -2.62. The van der Waals surface area contributed by atoms with E-state index in [4.69, 9.17) is 4.74 Å². The van der Waals surface area contributed by atoms with Gasteiger partial charge in [0.1, 0.15) is 0 Å². The van der Waals surface area contributed by atoms with E-state index in [-0.39, 0.29) is 5.91 Å². The number of carbonyl (C=O) groups is 2. The molecule has 21 heavy (non-hydrogen) atoms. The third-order valence-electron chi connectivity index (χ3n) is 3.16. The third-order valence-corrected chi connectivity index (χ3v) is 3.16. The number of carbonyl (C=O) groups excluding carboxylic acids is 2. The molecule has 0 unspecified atom stereocenters. The van der Waals surface area contributed by atoms with Crippen molar-refractivity contribution in [2.24, 2.45) is 0 Å².